The molecule has 1 amide bonds. The lowest BCUT2D eigenvalue weighted by atomic mass is 10.1. The molecule has 0 spiro atoms. The van der Waals surface area contributed by atoms with Crippen LogP contribution in [0.2, 0.25) is 0 Å². The van der Waals surface area contributed by atoms with Gasteiger partial charge in [-0.25, -0.2) is 0 Å². The number of nitrogens with zero attached hydrogens (tertiary/aromatic N) is 1. The third-order valence-corrected chi connectivity index (χ3v) is 3.12. The zero-order chi connectivity index (χ0) is 12.8. The molecule has 2 N–H and O–H groups in total. The molecule has 2 rings (SSSR count). The number of nitrogens with two attached hydrogens (primary N) is 1. The highest BCUT2D eigenvalue weighted by atomic mass is 16.5. The Labute approximate surface area is 108 Å². The number of para-hydroxylation sites is 1. The molecule has 0 aliphatic carbocycles. The summed E-state index contributed by atoms with van der Waals surface area (Å²) in [5.41, 5.74) is 5.86. The zero-order valence-electron chi connectivity index (χ0n) is 10.5. The van der Waals surface area contributed by atoms with E-state index in [1.807, 2.05) is 35.2 Å². The van der Waals surface area contributed by atoms with Crippen LogP contribution in [0.3, 0.4) is 0 Å². The number of benzene rings is 1. The Kier molecular flexibility index (Phi) is 4.59. The van der Waals surface area contributed by atoms with Gasteiger partial charge in [-0.1, -0.05) is 18.2 Å². The molecule has 18 heavy (non-hydrogen) atoms. The Bertz CT molecular complexity index is 381. The number of rotatable bonds is 5. The average molecular weight is 248 g/mol. The second-order valence-electron chi connectivity index (χ2n) is 4.65. The van der Waals surface area contributed by atoms with Gasteiger partial charge in [0.05, 0.1) is 6.61 Å². The van der Waals surface area contributed by atoms with Gasteiger partial charge < -0.3 is 15.4 Å². The van der Waals surface area contributed by atoms with Crippen LogP contribution in [-0.4, -0.2) is 36.5 Å². The first-order valence-electron chi connectivity index (χ1n) is 6.47. The lowest BCUT2D eigenvalue weighted by molar-refractivity contribution is -0.133. The molecule has 1 saturated heterocycles. The number of amides is 1. The van der Waals surface area contributed by atoms with Crippen molar-refractivity contribution in [3.63, 3.8) is 0 Å². The van der Waals surface area contributed by atoms with Crippen LogP contribution >= 0.6 is 0 Å². The minimum absolute atomic E-state index is 0.137. The van der Waals surface area contributed by atoms with E-state index in [0.29, 0.717) is 19.6 Å². The van der Waals surface area contributed by atoms with Gasteiger partial charge in [0.1, 0.15) is 5.75 Å². The highest BCUT2D eigenvalue weighted by Crippen LogP contribution is 2.11. The normalized spacial score (nSPS) is 19.9. The van der Waals surface area contributed by atoms with E-state index in [0.717, 1.165) is 25.1 Å². The number of ether oxygens (including phenoxy) is 1. The van der Waals surface area contributed by atoms with E-state index in [1.54, 1.807) is 0 Å². The van der Waals surface area contributed by atoms with E-state index in [4.69, 9.17) is 10.5 Å². The van der Waals surface area contributed by atoms with E-state index in [-0.39, 0.29) is 11.9 Å². The number of hydrogen-bond donors (Lipinski definition) is 1. The molecule has 4 nitrogen and oxygen atoms in total. The summed E-state index contributed by atoms with van der Waals surface area (Å²) in [6.45, 7) is 2.05. The van der Waals surface area contributed by atoms with Gasteiger partial charge >= 0.3 is 0 Å². The van der Waals surface area contributed by atoms with Gasteiger partial charge in [-0.3, -0.25) is 4.79 Å². The molecule has 0 saturated carbocycles. The third-order valence-electron chi connectivity index (χ3n) is 3.12. The van der Waals surface area contributed by atoms with Crippen LogP contribution < -0.4 is 10.5 Å². The Morgan fingerprint density at radius 3 is 2.89 bits per heavy atom. The molecular weight excluding hydrogens is 228 g/mol. The summed E-state index contributed by atoms with van der Waals surface area (Å²) < 4.78 is 5.59. The van der Waals surface area contributed by atoms with Gasteiger partial charge in [-0.05, 0) is 25.0 Å². The van der Waals surface area contributed by atoms with Gasteiger partial charge in [-0.2, -0.15) is 0 Å². The number of hydrogen-bond acceptors (Lipinski definition) is 3. The molecule has 1 aromatic carbocycles. The fourth-order valence-corrected chi connectivity index (χ4v) is 2.12. The summed E-state index contributed by atoms with van der Waals surface area (Å²) in [4.78, 5) is 13.5. The molecular formula is C14H20N2O2. The molecule has 1 aliphatic rings. The van der Waals surface area contributed by atoms with Crippen LogP contribution in [0, 0.1) is 0 Å². The van der Waals surface area contributed by atoms with Crippen molar-refractivity contribution in [3.8, 4) is 5.75 Å². The summed E-state index contributed by atoms with van der Waals surface area (Å²) in [6, 6.07) is 9.85. The second-order valence-corrected chi connectivity index (χ2v) is 4.65. The molecule has 1 unspecified atom stereocenters. The molecule has 1 fully saturated rings. The van der Waals surface area contributed by atoms with Crippen LogP contribution in [0.5, 0.6) is 5.75 Å². The first-order chi connectivity index (χ1) is 8.75. The summed E-state index contributed by atoms with van der Waals surface area (Å²) >= 11 is 0. The monoisotopic (exact) mass is 248 g/mol. The van der Waals surface area contributed by atoms with Crippen molar-refractivity contribution < 1.29 is 9.53 Å². The summed E-state index contributed by atoms with van der Waals surface area (Å²) in [5.74, 6) is 1.09. The first-order valence-corrected chi connectivity index (χ1v) is 6.47. The standard InChI is InChI=1S/C14H20N2O2/c15-12-7-8-14(17)16(11-12)9-4-10-18-13-5-2-1-3-6-13/h1-3,5-6,12H,4,7-11,15H2. The van der Waals surface area contributed by atoms with E-state index in [2.05, 4.69) is 0 Å². The van der Waals surface area contributed by atoms with Crippen molar-refractivity contribution in [1.29, 1.82) is 0 Å². The van der Waals surface area contributed by atoms with Crippen LogP contribution in [0.1, 0.15) is 19.3 Å². The summed E-state index contributed by atoms with van der Waals surface area (Å²) in [6.07, 6.45) is 2.24. The van der Waals surface area contributed by atoms with Gasteiger partial charge in [0.2, 0.25) is 5.91 Å². The predicted octanol–water partition coefficient (Wildman–Crippen LogP) is 1.41. The fraction of sp³-hybridized carbons (Fsp3) is 0.500. The maximum absolute atomic E-state index is 11.6. The number of carbonyl (C=O) groups is 1. The lowest BCUT2D eigenvalue weighted by Crippen LogP contribution is -2.46. The SMILES string of the molecule is NC1CCC(=O)N(CCCOc2ccccc2)C1. The molecule has 0 bridgehead atoms. The van der Waals surface area contributed by atoms with Crippen molar-refractivity contribution in [2.24, 2.45) is 5.73 Å². The molecule has 4 heteroatoms. The lowest BCUT2D eigenvalue weighted by Gasteiger charge is -2.30. The number of carbonyl (C=O) groups excluding carboxylic acids is 1. The largest absolute Gasteiger partial charge is 0.494 e. The smallest absolute Gasteiger partial charge is 0.222 e. The van der Waals surface area contributed by atoms with Gasteiger partial charge in [0, 0.05) is 25.6 Å². The van der Waals surface area contributed by atoms with Crippen molar-refractivity contribution in [1.82, 2.24) is 4.90 Å². The van der Waals surface area contributed by atoms with Gasteiger partial charge in [0.15, 0.2) is 0 Å². The first kappa shape index (κ1) is 12.9. The van der Waals surface area contributed by atoms with Crippen molar-refractivity contribution >= 4 is 5.91 Å². The molecule has 1 heterocycles. The molecule has 1 atom stereocenters. The number of piperidine rings is 1. The average Bonchev–Trinajstić information content (AvgIpc) is 2.40. The Balaban J connectivity index is 1.67. The molecule has 98 valence electrons. The van der Waals surface area contributed by atoms with Crippen LogP contribution in [0.4, 0.5) is 0 Å². The zero-order valence-corrected chi connectivity index (χ0v) is 10.5. The Morgan fingerprint density at radius 2 is 2.11 bits per heavy atom. The molecule has 0 radical (unpaired) electrons. The maximum Gasteiger partial charge on any atom is 0.222 e. The molecule has 0 aromatic heterocycles. The van der Waals surface area contributed by atoms with Crippen molar-refractivity contribution in [2.45, 2.75) is 25.3 Å². The molecule has 1 aromatic rings. The summed E-state index contributed by atoms with van der Waals surface area (Å²) in [5, 5.41) is 0. The maximum atomic E-state index is 11.6. The Hall–Kier alpha value is -1.55. The highest BCUT2D eigenvalue weighted by Gasteiger charge is 2.22. The van der Waals surface area contributed by atoms with Crippen molar-refractivity contribution in [3.05, 3.63) is 30.3 Å². The van der Waals surface area contributed by atoms with Crippen LogP contribution in [0.25, 0.3) is 0 Å². The molecule has 1 aliphatic heterocycles. The Morgan fingerprint density at radius 1 is 1.33 bits per heavy atom. The van der Waals surface area contributed by atoms with E-state index < -0.39 is 0 Å². The minimum atomic E-state index is 0.137. The quantitative estimate of drug-likeness (QED) is 0.801. The second kappa shape index (κ2) is 6.40. The van der Waals surface area contributed by atoms with Gasteiger partial charge in [0.25, 0.3) is 0 Å². The number of likely N-dealkylation sites (tertiary alicyclic amines) is 1. The van der Waals surface area contributed by atoms with E-state index >= 15 is 0 Å². The van der Waals surface area contributed by atoms with Gasteiger partial charge in [-0.15, -0.1) is 0 Å². The topological polar surface area (TPSA) is 55.6 Å². The fourth-order valence-electron chi connectivity index (χ4n) is 2.12. The van der Waals surface area contributed by atoms with Crippen molar-refractivity contribution in [2.75, 3.05) is 19.7 Å². The van der Waals surface area contributed by atoms with E-state index in [9.17, 15) is 4.79 Å². The van der Waals surface area contributed by atoms with E-state index in [1.165, 1.54) is 0 Å². The summed E-state index contributed by atoms with van der Waals surface area (Å²) in [7, 11) is 0. The van der Waals surface area contributed by atoms with Crippen LogP contribution in [0.15, 0.2) is 30.3 Å². The van der Waals surface area contributed by atoms with Crippen LogP contribution in [-0.2, 0) is 4.79 Å². The highest BCUT2D eigenvalue weighted by molar-refractivity contribution is 5.77. The predicted molar refractivity (Wildman–Crippen MR) is 70.3 cm³/mol. The minimum Gasteiger partial charge on any atom is -0.494 e. The third kappa shape index (κ3) is 3.74.